The molecule has 1 N–H and O–H groups in total. The van der Waals surface area contributed by atoms with Crippen LogP contribution in [0.25, 0.3) is 0 Å². The van der Waals surface area contributed by atoms with E-state index in [9.17, 15) is 9.59 Å². The Labute approximate surface area is 163 Å². The molecule has 0 saturated carbocycles. The van der Waals surface area contributed by atoms with Crippen LogP contribution in [0.3, 0.4) is 0 Å². The minimum absolute atomic E-state index is 0.0649. The number of hydrogen-bond donors (Lipinski definition) is 1. The quantitative estimate of drug-likeness (QED) is 0.835. The van der Waals surface area contributed by atoms with Crippen LogP contribution in [-0.4, -0.2) is 66.5 Å². The number of rotatable bonds is 2. The second-order valence-electron chi connectivity index (χ2n) is 7.72. The number of aromatic nitrogens is 2. The van der Waals surface area contributed by atoms with Crippen LogP contribution in [0, 0.1) is 0 Å². The van der Waals surface area contributed by atoms with Gasteiger partial charge in [-0.05, 0) is 18.1 Å². The number of fused-ring (bicyclic) bond motifs is 2. The lowest BCUT2D eigenvalue weighted by molar-refractivity contribution is -0.129. The molecule has 1 unspecified atom stereocenters. The Bertz CT molecular complexity index is 963. The smallest absolute Gasteiger partial charge is 0.241 e. The first-order chi connectivity index (χ1) is 13.6. The van der Waals surface area contributed by atoms with E-state index in [1.807, 2.05) is 42.3 Å². The van der Waals surface area contributed by atoms with Crippen LogP contribution in [0.15, 0.2) is 36.7 Å². The van der Waals surface area contributed by atoms with Crippen molar-refractivity contribution < 1.29 is 9.59 Å². The van der Waals surface area contributed by atoms with E-state index in [0.29, 0.717) is 19.6 Å². The fraction of sp³-hybridized carbons (Fsp3) is 0.400. The van der Waals surface area contributed by atoms with E-state index in [2.05, 4.69) is 20.2 Å². The molecule has 1 spiro atoms. The van der Waals surface area contributed by atoms with Gasteiger partial charge in [0.2, 0.25) is 11.8 Å². The molecule has 2 amide bonds. The summed E-state index contributed by atoms with van der Waals surface area (Å²) in [6.45, 7) is 3.10. The molecule has 3 aliphatic rings. The van der Waals surface area contributed by atoms with E-state index in [0.717, 1.165) is 42.4 Å². The SMILES string of the molecule is CN1CCN(c2cc(N3CCC4(C3)C(=O)Nc3ccccc34)ncn2)CC1=O. The van der Waals surface area contributed by atoms with Gasteiger partial charge < -0.3 is 20.0 Å². The van der Waals surface area contributed by atoms with E-state index >= 15 is 0 Å². The predicted octanol–water partition coefficient (Wildman–Crippen LogP) is 0.855. The highest BCUT2D eigenvalue weighted by Gasteiger charge is 2.51. The molecule has 5 rings (SSSR count). The summed E-state index contributed by atoms with van der Waals surface area (Å²) in [6.07, 6.45) is 2.29. The van der Waals surface area contributed by atoms with Crippen LogP contribution in [-0.2, 0) is 15.0 Å². The van der Waals surface area contributed by atoms with Gasteiger partial charge in [0.25, 0.3) is 0 Å². The molecule has 2 saturated heterocycles. The van der Waals surface area contributed by atoms with Crippen molar-refractivity contribution in [2.75, 3.05) is 54.9 Å². The first kappa shape index (κ1) is 17.0. The molecule has 4 heterocycles. The molecule has 28 heavy (non-hydrogen) atoms. The van der Waals surface area contributed by atoms with Gasteiger partial charge in [-0.2, -0.15) is 0 Å². The number of piperazine rings is 1. The van der Waals surface area contributed by atoms with Crippen molar-refractivity contribution in [3.8, 4) is 0 Å². The summed E-state index contributed by atoms with van der Waals surface area (Å²) in [5.41, 5.74) is 1.46. The van der Waals surface area contributed by atoms with Crippen molar-refractivity contribution >= 4 is 29.1 Å². The lowest BCUT2D eigenvalue weighted by atomic mass is 9.81. The third-order valence-electron chi connectivity index (χ3n) is 6.14. The number of hydrogen-bond acceptors (Lipinski definition) is 6. The second-order valence-corrected chi connectivity index (χ2v) is 7.72. The van der Waals surface area contributed by atoms with Crippen molar-refractivity contribution in [2.24, 2.45) is 0 Å². The Balaban J connectivity index is 1.40. The highest BCUT2D eigenvalue weighted by atomic mass is 16.2. The molecule has 8 heteroatoms. The van der Waals surface area contributed by atoms with Crippen molar-refractivity contribution in [3.63, 3.8) is 0 Å². The molecular weight excluding hydrogens is 356 g/mol. The van der Waals surface area contributed by atoms with Gasteiger partial charge in [-0.3, -0.25) is 9.59 Å². The zero-order valence-electron chi connectivity index (χ0n) is 15.8. The summed E-state index contributed by atoms with van der Waals surface area (Å²) in [6, 6.07) is 9.85. The van der Waals surface area contributed by atoms with Crippen LogP contribution >= 0.6 is 0 Å². The summed E-state index contributed by atoms with van der Waals surface area (Å²) in [4.78, 5) is 39.5. The highest BCUT2D eigenvalue weighted by molar-refractivity contribution is 6.07. The maximum Gasteiger partial charge on any atom is 0.241 e. The third-order valence-corrected chi connectivity index (χ3v) is 6.14. The molecule has 2 aromatic rings. The maximum atomic E-state index is 12.8. The van der Waals surface area contributed by atoms with Gasteiger partial charge in [0.1, 0.15) is 18.0 Å². The van der Waals surface area contributed by atoms with Crippen LogP contribution in [0.5, 0.6) is 0 Å². The number of nitrogens with zero attached hydrogens (tertiary/aromatic N) is 5. The normalized spacial score (nSPS) is 24.1. The lowest BCUT2D eigenvalue weighted by Crippen LogP contribution is -2.48. The fourth-order valence-corrected chi connectivity index (χ4v) is 4.42. The number of para-hydroxylation sites is 1. The van der Waals surface area contributed by atoms with Gasteiger partial charge in [-0.25, -0.2) is 9.97 Å². The highest BCUT2D eigenvalue weighted by Crippen LogP contribution is 2.44. The van der Waals surface area contributed by atoms with E-state index in [4.69, 9.17) is 0 Å². The van der Waals surface area contributed by atoms with Gasteiger partial charge in [-0.15, -0.1) is 0 Å². The minimum Gasteiger partial charge on any atom is -0.355 e. The maximum absolute atomic E-state index is 12.8. The number of benzene rings is 1. The Kier molecular flexibility index (Phi) is 3.75. The number of carbonyl (C=O) groups excluding carboxylic acids is 2. The van der Waals surface area contributed by atoms with E-state index in [1.165, 1.54) is 0 Å². The zero-order valence-corrected chi connectivity index (χ0v) is 15.8. The number of amides is 2. The Morgan fingerprint density at radius 3 is 2.64 bits per heavy atom. The number of nitrogens with one attached hydrogen (secondary N) is 1. The molecule has 0 bridgehead atoms. The topological polar surface area (TPSA) is 81.7 Å². The molecule has 2 fully saturated rings. The molecule has 3 aliphatic heterocycles. The van der Waals surface area contributed by atoms with Gasteiger partial charge in [0.15, 0.2) is 0 Å². The number of carbonyl (C=O) groups is 2. The largest absolute Gasteiger partial charge is 0.355 e. The van der Waals surface area contributed by atoms with Gasteiger partial charge in [0.05, 0.1) is 12.0 Å². The van der Waals surface area contributed by atoms with Crippen LogP contribution in [0.1, 0.15) is 12.0 Å². The first-order valence-corrected chi connectivity index (χ1v) is 9.54. The first-order valence-electron chi connectivity index (χ1n) is 9.54. The van der Waals surface area contributed by atoms with Gasteiger partial charge >= 0.3 is 0 Å². The monoisotopic (exact) mass is 378 g/mol. The Hall–Kier alpha value is -3.16. The summed E-state index contributed by atoms with van der Waals surface area (Å²) >= 11 is 0. The molecule has 1 aromatic heterocycles. The van der Waals surface area contributed by atoms with E-state index < -0.39 is 5.41 Å². The molecule has 0 radical (unpaired) electrons. The standard InChI is InChI=1S/C20H22N6O2/c1-24-8-9-25(11-18(24)27)16-10-17(22-13-21-16)26-7-6-20(12-26)14-4-2-3-5-15(14)23-19(20)28/h2-5,10,13H,6-9,11-12H2,1H3,(H,23,28). The third kappa shape index (κ3) is 2.51. The number of likely N-dealkylation sites (N-methyl/N-ethyl adjacent to an activating group) is 1. The summed E-state index contributed by atoms with van der Waals surface area (Å²) < 4.78 is 0. The summed E-state index contributed by atoms with van der Waals surface area (Å²) in [7, 11) is 1.82. The second kappa shape index (κ2) is 6.19. The Morgan fingerprint density at radius 1 is 1.04 bits per heavy atom. The van der Waals surface area contributed by atoms with Crippen LogP contribution < -0.4 is 15.1 Å². The van der Waals surface area contributed by atoms with Crippen molar-refractivity contribution in [2.45, 2.75) is 11.8 Å². The number of anilines is 3. The molecule has 1 aromatic carbocycles. The van der Waals surface area contributed by atoms with Crippen molar-refractivity contribution in [1.29, 1.82) is 0 Å². The predicted molar refractivity (Wildman–Crippen MR) is 105 cm³/mol. The molecular formula is C20H22N6O2. The average molecular weight is 378 g/mol. The molecule has 8 nitrogen and oxygen atoms in total. The fourth-order valence-electron chi connectivity index (χ4n) is 4.42. The van der Waals surface area contributed by atoms with Gasteiger partial charge in [-0.1, -0.05) is 18.2 Å². The van der Waals surface area contributed by atoms with Crippen LogP contribution in [0.2, 0.25) is 0 Å². The Morgan fingerprint density at radius 2 is 1.82 bits per heavy atom. The lowest BCUT2D eigenvalue weighted by Gasteiger charge is -2.33. The minimum atomic E-state index is -0.522. The molecule has 144 valence electrons. The van der Waals surface area contributed by atoms with Crippen molar-refractivity contribution in [3.05, 3.63) is 42.2 Å². The van der Waals surface area contributed by atoms with Crippen LogP contribution in [0.4, 0.5) is 17.3 Å². The van der Waals surface area contributed by atoms with E-state index in [-0.39, 0.29) is 11.8 Å². The molecule has 0 aliphatic carbocycles. The van der Waals surface area contributed by atoms with Crippen molar-refractivity contribution in [1.82, 2.24) is 14.9 Å². The summed E-state index contributed by atoms with van der Waals surface area (Å²) in [5, 5.41) is 3.03. The van der Waals surface area contributed by atoms with E-state index in [1.54, 1.807) is 11.2 Å². The summed E-state index contributed by atoms with van der Waals surface area (Å²) in [5.74, 6) is 1.70. The molecule has 1 atom stereocenters. The zero-order chi connectivity index (χ0) is 19.3. The average Bonchev–Trinajstić information content (AvgIpc) is 3.28. The van der Waals surface area contributed by atoms with Gasteiger partial charge in [0, 0.05) is 45.0 Å².